The molecule has 0 spiro atoms. The quantitative estimate of drug-likeness (QED) is 0.637. The zero-order valence-electron chi connectivity index (χ0n) is 7.73. The first-order valence-corrected chi connectivity index (χ1v) is 4.37. The Bertz CT molecular complexity index is 332. The number of carbonyl (C=O) groups excluding carboxylic acids is 1. The largest absolute Gasteiger partial charge is 0.423 e. The molecule has 4 heteroatoms. The van der Waals surface area contributed by atoms with Crippen molar-refractivity contribution in [2.45, 2.75) is 13.3 Å². The van der Waals surface area contributed by atoms with Crippen LogP contribution in [0.2, 0.25) is 0 Å². The molecular weight excluding hydrogens is 168 g/mol. The Labute approximate surface area is 76.5 Å². The molecule has 4 nitrogen and oxygen atoms in total. The maximum absolute atomic E-state index is 11.3. The van der Waals surface area contributed by atoms with Crippen molar-refractivity contribution < 1.29 is 9.53 Å². The number of esters is 1. The van der Waals surface area contributed by atoms with E-state index in [0.717, 1.165) is 6.42 Å². The fourth-order valence-corrected chi connectivity index (χ4v) is 1.29. The second kappa shape index (κ2) is 2.87. The molecule has 0 unspecified atom stereocenters. The summed E-state index contributed by atoms with van der Waals surface area (Å²) in [5.74, 6) is 1.01. The second-order valence-corrected chi connectivity index (χ2v) is 3.59. The van der Waals surface area contributed by atoms with Crippen LogP contribution in [0.4, 0.5) is 0 Å². The third-order valence-corrected chi connectivity index (χ3v) is 2.31. The Morgan fingerprint density at radius 2 is 2.46 bits per heavy atom. The van der Waals surface area contributed by atoms with Gasteiger partial charge in [0.1, 0.15) is 0 Å². The smallest absolute Gasteiger partial charge is 0.314 e. The van der Waals surface area contributed by atoms with Gasteiger partial charge in [-0.3, -0.25) is 9.48 Å². The fourth-order valence-electron chi connectivity index (χ4n) is 1.29. The Hall–Kier alpha value is -1.32. The Balaban J connectivity index is 1.95. The van der Waals surface area contributed by atoms with E-state index in [4.69, 9.17) is 4.74 Å². The molecule has 1 aromatic rings. The van der Waals surface area contributed by atoms with Gasteiger partial charge in [0.15, 0.2) is 5.75 Å². The molecule has 1 heterocycles. The van der Waals surface area contributed by atoms with Gasteiger partial charge in [0.2, 0.25) is 0 Å². The minimum Gasteiger partial charge on any atom is -0.423 e. The first-order chi connectivity index (χ1) is 6.16. The van der Waals surface area contributed by atoms with Crippen LogP contribution in [0.3, 0.4) is 0 Å². The highest BCUT2D eigenvalue weighted by molar-refractivity contribution is 5.77. The predicted molar refractivity (Wildman–Crippen MR) is 46.1 cm³/mol. The van der Waals surface area contributed by atoms with Crippen molar-refractivity contribution in [1.82, 2.24) is 9.78 Å². The molecule has 0 saturated heterocycles. The van der Waals surface area contributed by atoms with E-state index < -0.39 is 0 Å². The Kier molecular flexibility index (Phi) is 1.83. The lowest BCUT2D eigenvalue weighted by Gasteiger charge is -1.98. The highest BCUT2D eigenvalue weighted by Gasteiger charge is 2.40. The van der Waals surface area contributed by atoms with Gasteiger partial charge in [-0.05, 0) is 12.3 Å². The fraction of sp³-hybridized carbons (Fsp3) is 0.556. The van der Waals surface area contributed by atoms with Crippen LogP contribution in [0.1, 0.15) is 13.3 Å². The van der Waals surface area contributed by atoms with Crippen LogP contribution in [-0.4, -0.2) is 15.7 Å². The number of aryl methyl sites for hydroxylation is 1. The minimum absolute atomic E-state index is 0.111. The highest BCUT2D eigenvalue weighted by atomic mass is 16.5. The summed E-state index contributed by atoms with van der Waals surface area (Å²) in [7, 11) is 1.79. The van der Waals surface area contributed by atoms with E-state index in [2.05, 4.69) is 12.0 Å². The lowest BCUT2D eigenvalue weighted by atomic mass is 10.3. The maximum atomic E-state index is 11.3. The van der Waals surface area contributed by atoms with Crippen molar-refractivity contribution in [2.24, 2.45) is 18.9 Å². The van der Waals surface area contributed by atoms with E-state index in [1.165, 1.54) is 0 Å². The van der Waals surface area contributed by atoms with E-state index in [1.54, 1.807) is 24.1 Å². The molecule has 1 aliphatic rings. The summed E-state index contributed by atoms with van der Waals surface area (Å²) in [5, 5.41) is 3.91. The molecule has 0 aromatic carbocycles. The normalized spacial score (nSPS) is 25.7. The van der Waals surface area contributed by atoms with Crippen molar-refractivity contribution in [3.05, 3.63) is 12.4 Å². The van der Waals surface area contributed by atoms with Crippen molar-refractivity contribution >= 4 is 5.97 Å². The number of aromatic nitrogens is 2. The standard InChI is InChI=1S/C9H12N2O2/c1-6-3-8(6)9(12)13-7-4-10-11(2)5-7/h4-6,8H,3H2,1-2H3/t6-,8-/m0/s1. The topological polar surface area (TPSA) is 44.1 Å². The van der Waals surface area contributed by atoms with Crippen LogP contribution in [0.15, 0.2) is 12.4 Å². The second-order valence-electron chi connectivity index (χ2n) is 3.59. The summed E-state index contributed by atoms with van der Waals surface area (Å²) in [6.45, 7) is 2.05. The van der Waals surface area contributed by atoms with Crippen molar-refractivity contribution in [3.63, 3.8) is 0 Å². The number of hydrogen-bond donors (Lipinski definition) is 0. The van der Waals surface area contributed by atoms with Gasteiger partial charge in [-0.2, -0.15) is 5.10 Å². The number of hydrogen-bond acceptors (Lipinski definition) is 3. The number of nitrogens with zero attached hydrogens (tertiary/aromatic N) is 2. The average Bonchev–Trinajstić information content (AvgIpc) is 2.66. The number of rotatable bonds is 2. The van der Waals surface area contributed by atoms with Gasteiger partial charge < -0.3 is 4.74 Å². The SMILES string of the molecule is C[C@H]1C[C@@H]1C(=O)Oc1cnn(C)c1. The molecular formula is C9H12N2O2. The van der Waals surface area contributed by atoms with E-state index in [9.17, 15) is 4.79 Å². The Morgan fingerprint density at radius 1 is 1.77 bits per heavy atom. The van der Waals surface area contributed by atoms with E-state index in [0.29, 0.717) is 11.7 Å². The Morgan fingerprint density at radius 3 is 2.92 bits per heavy atom. The molecule has 2 rings (SSSR count). The minimum atomic E-state index is -0.125. The first kappa shape index (κ1) is 8.29. The molecule has 0 bridgehead atoms. The van der Waals surface area contributed by atoms with Crippen LogP contribution < -0.4 is 4.74 Å². The van der Waals surface area contributed by atoms with Crippen molar-refractivity contribution in [3.8, 4) is 5.75 Å². The summed E-state index contributed by atoms with van der Waals surface area (Å²) in [6, 6.07) is 0. The zero-order valence-corrected chi connectivity index (χ0v) is 7.73. The first-order valence-electron chi connectivity index (χ1n) is 4.37. The summed E-state index contributed by atoms with van der Waals surface area (Å²) in [6.07, 6.45) is 4.19. The predicted octanol–water partition coefficient (Wildman–Crippen LogP) is 0.981. The molecule has 1 aromatic heterocycles. The number of ether oxygens (including phenoxy) is 1. The molecule has 2 atom stereocenters. The van der Waals surface area contributed by atoms with Gasteiger partial charge >= 0.3 is 5.97 Å². The van der Waals surface area contributed by atoms with Gasteiger partial charge in [-0.1, -0.05) is 6.92 Å². The molecule has 0 amide bonds. The van der Waals surface area contributed by atoms with Gasteiger partial charge in [0.05, 0.1) is 18.3 Å². The van der Waals surface area contributed by atoms with Crippen LogP contribution in [0.25, 0.3) is 0 Å². The van der Waals surface area contributed by atoms with Crippen LogP contribution >= 0.6 is 0 Å². The molecule has 1 saturated carbocycles. The van der Waals surface area contributed by atoms with E-state index in [-0.39, 0.29) is 11.9 Å². The van der Waals surface area contributed by atoms with Crippen molar-refractivity contribution in [1.29, 1.82) is 0 Å². The molecule has 0 N–H and O–H groups in total. The van der Waals surface area contributed by atoms with E-state index >= 15 is 0 Å². The third-order valence-electron chi connectivity index (χ3n) is 2.31. The van der Waals surface area contributed by atoms with Gasteiger partial charge in [0, 0.05) is 7.05 Å². The van der Waals surface area contributed by atoms with Gasteiger partial charge in [-0.15, -0.1) is 0 Å². The highest BCUT2D eigenvalue weighted by Crippen LogP contribution is 2.38. The molecule has 70 valence electrons. The monoisotopic (exact) mass is 180 g/mol. The van der Waals surface area contributed by atoms with Crippen molar-refractivity contribution in [2.75, 3.05) is 0 Å². The maximum Gasteiger partial charge on any atom is 0.314 e. The average molecular weight is 180 g/mol. The molecule has 0 aliphatic heterocycles. The summed E-state index contributed by atoms with van der Waals surface area (Å²) >= 11 is 0. The number of carbonyl (C=O) groups is 1. The van der Waals surface area contributed by atoms with Gasteiger partial charge in [-0.25, -0.2) is 0 Å². The zero-order chi connectivity index (χ0) is 9.42. The van der Waals surface area contributed by atoms with Crippen LogP contribution in [-0.2, 0) is 11.8 Å². The molecule has 0 radical (unpaired) electrons. The third kappa shape index (κ3) is 1.71. The van der Waals surface area contributed by atoms with E-state index in [1.807, 2.05) is 0 Å². The summed E-state index contributed by atoms with van der Waals surface area (Å²) < 4.78 is 6.72. The van der Waals surface area contributed by atoms with Gasteiger partial charge in [0.25, 0.3) is 0 Å². The van der Waals surface area contributed by atoms with Crippen LogP contribution in [0, 0.1) is 11.8 Å². The lowest BCUT2D eigenvalue weighted by molar-refractivity contribution is -0.136. The molecule has 13 heavy (non-hydrogen) atoms. The molecule has 1 aliphatic carbocycles. The summed E-state index contributed by atoms with van der Waals surface area (Å²) in [4.78, 5) is 11.3. The lowest BCUT2D eigenvalue weighted by Crippen LogP contribution is -2.10. The van der Waals surface area contributed by atoms with Crippen LogP contribution in [0.5, 0.6) is 5.75 Å². The summed E-state index contributed by atoms with van der Waals surface area (Å²) in [5.41, 5.74) is 0. The molecule has 1 fully saturated rings.